The Morgan fingerprint density at radius 2 is 1.72 bits per heavy atom. The maximum atomic E-state index is 9.10. The van der Waals surface area contributed by atoms with E-state index < -0.39 is 11.9 Å². The molecule has 8 heteroatoms. The van der Waals surface area contributed by atoms with Crippen molar-refractivity contribution in [2.75, 3.05) is 19.7 Å². The van der Waals surface area contributed by atoms with Crippen LogP contribution in [0.2, 0.25) is 5.02 Å². The van der Waals surface area contributed by atoms with Crippen LogP contribution < -0.4 is 0 Å². The lowest BCUT2D eigenvalue weighted by molar-refractivity contribution is -0.159. The maximum absolute atomic E-state index is 9.10. The van der Waals surface area contributed by atoms with E-state index in [-0.39, 0.29) is 0 Å². The predicted molar refractivity (Wildman–Crippen MR) is 109 cm³/mol. The highest BCUT2D eigenvalue weighted by atomic mass is 35.5. The third-order valence-corrected chi connectivity index (χ3v) is 4.81. The monoisotopic (exact) mass is 420 g/mol. The van der Waals surface area contributed by atoms with Crippen molar-refractivity contribution in [2.45, 2.75) is 26.0 Å². The molecule has 1 fully saturated rings. The first-order chi connectivity index (χ1) is 13.9. The molecule has 0 aliphatic carbocycles. The molecule has 2 aromatic rings. The molecular weight excluding hydrogens is 396 g/mol. The molecule has 1 aromatic heterocycles. The number of hydrogen-bond acceptors (Lipinski definition) is 5. The molecule has 1 saturated heterocycles. The van der Waals surface area contributed by atoms with Crippen LogP contribution in [-0.4, -0.2) is 51.7 Å². The number of hydrogen-bond donors (Lipinski definition) is 2. The molecular formula is C21H25ClN2O5. The molecule has 0 unspecified atom stereocenters. The Bertz CT molecular complexity index is 750. The average molecular weight is 421 g/mol. The van der Waals surface area contributed by atoms with Crippen molar-refractivity contribution >= 4 is 23.5 Å². The molecule has 7 nitrogen and oxygen atoms in total. The molecule has 2 heterocycles. The van der Waals surface area contributed by atoms with Crippen LogP contribution in [0.1, 0.15) is 24.0 Å². The molecule has 2 N–H and O–H groups in total. The van der Waals surface area contributed by atoms with E-state index >= 15 is 0 Å². The predicted octanol–water partition coefficient (Wildman–Crippen LogP) is 3.32. The van der Waals surface area contributed by atoms with Crippen molar-refractivity contribution < 1.29 is 24.5 Å². The third-order valence-electron chi connectivity index (χ3n) is 4.55. The fourth-order valence-electron chi connectivity index (χ4n) is 2.99. The average Bonchev–Trinajstić information content (AvgIpc) is 2.72. The van der Waals surface area contributed by atoms with E-state index in [9.17, 15) is 0 Å². The molecule has 0 atom stereocenters. The van der Waals surface area contributed by atoms with E-state index in [1.807, 2.05) is 42.7 Å². The van der Waals surface area contributed by atoms with Gasteiger partial charge in [-0.15, -0.1) is 0 Å². The number of carboxylic acid groups (broad SMARTS) is 2. The van der Waals surface area contributed by atoms with Crippen molar-refractivity contribution in [3.8, 4) is 0 Å². The van der Waals surface area contributed by atoms with Gasteiger partial charge in [-0.3, -0.25) is 9.88 Å². The smallest absolute Gasteiger partial charge is 0.414 e. The Hall–Kier alpha value is -2.48. The van der Waals surface area contributed by atoms with Gasteiger partial charge in [-0.05, 0) is 61.2 Å². The van der Waals surface area contributed by atoms with Crippen LogP contribution in [0.25, 0.3) is 0 Å². The lowest BCUT2D eigenvalue weighted by Gasteiger charge is -2.31. The topological polar surface area (TPSA) is 100.0 Å². The Labute approximate surface area is 174 Å². The molecule has 1 aromatic carbocycles. The number of likely N-dealkylation sites (tertiary alicyclic amines) is 1. The normalized spacial score (nSPS) is 14.7. The number of nitrogens with zero attached hydrogens (tertiary/aromatic N) is 2. The standard InChI is InChI=1S/C19H23ClN2O.C2H2O4/c20-19-5-3-16(4-6-19)14-23-15-17-7-10-22(11-8-17)13-18-2-1-9-21-12-18;3-1(4)2(5)6/h1-6,9,12,17H,7-8,10-11,13-15H2;(H,3,4)(H,5,6). The summed E-state index contributed by atoms with van der Waals surface area (Å²) >= 11 is 5.89. The third kappa shape index (κ3) is 9.04. The summed E-state index contributed by atoms with van der Waals surface area (Å²) in [6, 6.07) is 12.0. The number of carboxylic acids is 2. The summed E-state index contributed by atoms with van der Waals surface area (Å²) in [5.41, 5.74) is 2.48. The molecule has 1 aliphatic rings. The number of benzene rings is 1. The zero-order valence-electron chi connectivity index (χ0n) is 16.0. The van der Waals surface area contributed by atoms with E-state index in [0.29, 0.717) is 12.5 Å². The zero-order valence-corrected chi connectivity index (χ0v) is 16.8. The van der Waals surface area contributed by atoms with Crippen LogP contribution in [0.5, 0.6) is 0 Å². The summed E-state index contributed by atoms with van der Waals surface area (Å²) < 4.78 is 5.88. The minimum absolute atomic E-state index is 0.674. The second-order valence-electron chi connectivity index (χ2n) is 6.83. The van der Waals surface area contributed by atoms with Gasteiger partial charge in [0, 0.05) is 30.6 Å². The largest absolute Gasteiger partial charge is 0.473 e. The highest BCUT2D eigenvalue weighted by Crippen LogP contribution is 2.20. The first-order valence-electron chi connectivity index (χ1n) is 9.33. The van der Waals surface area contributed by atoms with Crippen LogP contribution in [0, 0.1) is 5.92 Å². The summed E-state index contributed by atoms with van der Waals surface area (Å²) in [4.78, 5) is 24.9. The van der Waals surface area contributed by atoms with Crippen LogP contribution in [0.3, 0.4) is 0 Å². The van der Waals surface area contributed by atoms with Gasteiger partial charge in [0.1, 0.15) is 0 Å². The van der Waals surface area contributed by atoms with Crippen LogP contribution >= 0.6 is 11.6 Å². The minimum Gasteiger partial charge on any atom is -0.473 e. The fourth-order valence-corrected chi connectivity index (χ4v) is 3.11. The molecule has 156 valence electrons. The molecule has 0 bridgehead atoms. The molecule has 1 aliphatic heterocycles. The zero-order chi connectivity index (χ0) is 21.1. The highest BCUT2D eigenvalue weighted by molar-refractivity contribution is 6.30. The van der Waals surface area contributed by atoms with Crippen molar-refractivity contribution in [3.63, 3.8) is 0 Å². The van der Waals surface area contributed by atoms with Gasteiger partial charge >= 0.3 is 11.9 Å². The Kier molecular flexibility index (Phi) is 9.56. The van der Waals surface area contributed by atoms with Gasteiger partial charge in [0.2, 0.25) is 0 Å². The second-order valence-corrected chi connectivity index (χ2v) is 7.27. The quantitative estimate of drug-likeness (QED) is 0.691. The van der Waals surface area contributed by atoms with Crippen LogP contribution in [0.15, 0.2) is 48.8 Å². The summed E-state index contributed by atoms with van der Waals surface area (Å²) in [7, 11) is 0. The molecule has 0 spiro atoms. The van der Waals surface area contributed by atoms with Crippen molar-refractivity contribution in [3.05, 3.63) is 64.9 Å². The van der Waals surface area contributed by atoms with Gasteiger partial charge in [0.15, 0.2) is 0 Å². The van der Waals surface area contributed by atoms with Crippen LogP contribution in [0.4, 0.5) is 0 Å². The summed E-state index contributed by atoms with van der Waals surface area (Å²) in [5, 5.41) is 15.6. The lowest BCUT2D eigenvalue weighted by atomic mass is 9.97. The van der Waals surface area contributed by atoms with Gasteiger partial charge in [-0.1, -0.05) is 29.8 Å². The van der Waals surface area contributed by atoms with E-state index in [0.717, 1.165) is 31.3 Å². The number of halogens is 1. The second kappa shape index (κ2) is 12.2. The van der Waals surface area contributed by atoms with Crippen molar-refractivity contribution in [2.24, 2.45) is 5.92 Å². The maximum Gasteiger partial charge on any atom is 0.414 e. The van der Waals surface area contributed by atoms with Gasteiger partial charge in [0.25, 0.3) is 0 Å². The Morgan fingerprint density at radius 3 is 2.28 bits per heavy atom. The fraction of sp³-hybridized carbons (Fsp3) is 0.381. The van der Waals surface area contributed by atoms with Crippen LogP contribution in [-0.2, 0) is 27.5 Å². The molecule has 0 saturated carbocycles. The van der Waals surface area contributed by atoms with Gasteiger partial charge in [0.05, 0.1) is 6.61 Å². The number of aromatic nitrogens is 1. The summed E-state index contributed by atoms with van der Waals surface area (Å²) in [6.07, 6.45) is 6.21. The summed E-state index contributed by atoms with van der Waals surface area (Å²) in [5.74, 6) is -2.97. The van der Waals surface area contributed by atoms with E-state index in [4.69, 9.17) is 36.1 Å². The first-order valence-corrected chi connectivity index (χ1v) is 9.71. The van der Waals surface area contributed by atoms with E-state index in [1.165, 1.54) is 24.0 Å². The van der Waals surface area contributed by atoms with Crippen molar-refractivity contribution in [1.29, 1.82) is 0 Å². The molecule has 0 radical (unpaired) electrons. The minimum atomic E-state index is -1.82. The number of ether oxygens (including phenoxy) is 1. The van der Waals surface area contributed by atoms with Crippen molar-refractivity contribution in [1.82, 2.24) is 9.88 Å². The van der Waals surface area contributed by atoms with Gasteiger partial charge in [-0.25, -0.2) is 9.59 Å². The first kappa shape index (κ1) is 22.8. The van der Waals surface area contributed by atoms with Gasteiger partial charge in [-0.2, -0.15) is 0 Å². The SMILES string of the molecule is Clc1ccc(COCC2CCN(Cc3cccnc3)CC2)cc1.O=C(O)C(=O)O. The highest BCUT2D eigenvalue weighted by Gasteiger charge is 2.19. The number of piperidine rings is 1. The number of aliphatic carboxylic acids is 2. The summed E-state index contributed by atoms with van der Waals surface area (Å²) in [6.45, 7) is 4.82. The van der Waals surface area contributed by atoms with Gasteiger partial charge < -0.3 is 14.9 Å². The Balaban J connectivity index is 0.000000438. The Morgan fingerprint density at radius 1 is 1.07 bits per heavy atom. The number of pyridine rings is 1. The number of carbonyl (C=O) groups is 2. The molecule has 29 heavy (non-hydrogen) atoms. The molecule has 3 rings (SSSR count). The van der Waals surface area contributed by atoms with E-state index in [1.54, 1.807) is 0 Å². The number of rotatable bonds is 6. The molecule has 0 amide bonds. The lowest BCUT2D eigenvalue weighted by Crippen LogP contribution is -2.34. The van der Waals surface area contributed by atoms with E-state index in [2.05, 4.69) is 16.0 Å².